The van der Waals surface area contributed by atoms with Gasteiger partial charge in [-0.2, -0.15) is 0 Å². The number of halogens is 1. The zero-order valence-electron chi connectivity index (χ0n) is 11.3. The van der Waals surface area contributed by atoms with Gasteiger partial charge in [0.15, 0.2) is 0 Å². The Balaban J connectivity index is 2.37. The van der Waals surface area contributed by atoms with Crippen LogP contribution in [-0.2, 0) is 4.74 Å². The lowest BCUT2D eigenvalue weighted by atomic mass is 9.82. The van der Waals surface area contributed by atoms with Crippen molar-refractivity contribution in [2.45, 2.75) is 59.5 Å². The van der Waals surface area contributed by atoms with Crippen molar-refractivity contribution in [3.8, 4) is 0 Å². The molecular weight excluding hydrogens is 264 g/mol. The Labute approximate surface area is 109 Å². The lowest BCUT2D eigenvalue weighted by molar-refractivity contribution is -0.0341. The molecule has 0 aromatic rings. The standard InChI is InChI=1S/C14H27BrO/c1-11-7-5-6-8-13(11)16-10-12(9-15)14(2,3)4/h11-13H,5-10H2,1-4H3. The average Bonchev–Trinajstić information content (AvgIpc) is 2.19. The lowest BCUT2D eigenvalue weighted by Crippen LogP contribution is -2.32. The molecule has 2 heteroatoms. The summed E-state index contributed by atoms with van der Waals surface area (Å²) in [6, 6.07) is 0. The van der Waals surface area contributed by atoms with E-state index < -0.39 is 0 Å². The molecule has 0 bridgehead atoms. The summed E-state index contributed by atoms with van der Waals surface area (Å²) < 4.78 is 6.14. The highest BCUT2D eigenvalue weighted by Gasteiger charge is 2.27. The molecule has 1 rings (SSSR count). The van der Waals surface area contributed by atoms with E-state index in [2.05, 4.69) is 43.6 Å². The molecule has 0 aromatic carbocycles. The smallest absolute Gasteiger partial charge is 0.0600 e. The highest BCUT2D eigenvalue weighted by Crippen LogP contribution is 2.31. The molecule has 0 heterocycles. The minimum atomic E-state index is 0.335. The maximum absolute atomic E-state index is 6.14. The van der Waals surface area contributed by atoms with Gasteiger partial charge < -0.3 is 4.74 Å². The number of alkyl halides is 1. The van der Waals surface area contributed by atoms with E-state index in [1.165, 1.54) is 25.7 Å². The average molecular weight is 291 g/mol. The molecule has 0 amide bonds. The zero-order chi connectivity index (χ0) is 12.2. The summed E-state index contributed by atoms with van der Waals surface area (Å²) >= 11 is 3.61. The first-order chi connectivity index (χ1) is 7.45. The molecule has 1 saturated carbocycles. The van der Waals surface area contributed by atoms with Crippen LogP contribution in [0.5, 0.6) is 0 Å². The van der Waals surface area contributed by atoms with E-state index in [1.807, 2.05) is 0 Å². The fourth-order valence-electron chi connectivity index (χ4n) is 2.30. The normalized spacial score (nSPS) is 29.1. The Morgan fingerprint density at radius 2 is 1.88 bits per heavy atom. The quantitative estimate of drug-likeness (QED) is 0.686. The van der Waals surface area contributed by atoms with E-state index in [4.69, 9.17) is 4.74 Å². The van der Waals surface area contributed by atoms with Gasteiger partial charge in [0.25, 0.3) is 0 Å². The van der Waals surface area contributed by atoms with Gasteiger partial charge in [-0.3, -0.25) is 0 Å². The molecule has 0 aliphatic heterocycles. The fraction of sp³-hybridized carbons (Fsp3) is 1.00. The Hall–Kier alpha value is 0.440. The third-order valence-electron chi connectivity index (χ3n) is 3.96. The molecule has 3 unspecified atom stereocenters. The van der Waals surface area contributed by atoms with Gasteiger partial charge in [0, 0.05) is 5.33 Å². The summed E-state index contributed by atoms with van der Waals surface area (Å²) in [6.45, 7) is 10.1. The van der Waals surface area contributed by atoms with Gasteiger partial charge in [-0.15, -0.1) is 0 Å². The molecule has 0 N–H and O–H groups in total. The third-order valence-corrected chi connectivity index (χ3v) is 4.74. The molecule has 0 radical (unpaired) electrons. The van der Waals surface area contributed by atoms with Crippen molar-refractivity contribution in [1.82, 2.24) is 0 Å². The van der Waals surface area contributed by atoms with Crippen LogP contribution in [0, 0.1) is 17.3 Å². The van der Waals surface area contributed by atoms with Crippen molar-refractivity contribution in [2.75, 3.05) is 11.9 Å². The van der Waals surface area contributed by atoms with Crippen LogP contribution in [0.3, 0.4) is 0 Å². The second-order valence-electron chi connectivity index (χ2n) is 6.35. The molecule has 1 aliphatic carbocycles. The van der Waals surface area contributed by atoms with Crippen LogP contribution in [0.25, 0.3) is 0 Å². The van der Waals surface area contributed by atoms with E-state index in [-0.39, 0.29) is 0 Å². The molecule has 1 nitrogen and oxygen atoms in total. The van der Waals surface area contributed by atoms with Crippen molar-refractivity contribution in [3.63, 3.8) is 0 Å². The first-order valence-corrected chi connectivity index (χ1v) is 7.75. The van der Waals surface area contributed by atoms with Crippen LogP contribution in [0.2, 0.25) is 0 Å². The molecule has 0 aromatic heterocycles. The van der Waals surface area contributed by atoms with E-state index in [0.29, 0.717) is 17.4 Å². The molecule has 3 atom stereocenters. The second kappa shape index (κ2) is 6.39. The predicted molar refractivity (Wildman–Crippen MR) is 74.1 cm³/mol. The van der Waals surface area contributed by atoms with Gasteiger partial charge in [0.2, 0.25) is 0 Å². The largest absolute Gasteiger partial charge is 0.378 e. The van der Waals surface area contributed by atoms with Crippen LogP contribution in [0.15, 0.2) is 0 Å². The number of ether oxygens (including phenoxy) is 1. The van der Waals surface area contributed by atoms with E-state index in [1.54, 1.807) is 0 Å². The van der Waals surface area contributed by atoms with Crippen molar-refractivity contribution < 1.29 is 4.74 Å². The van der Waals surface area contributed by atoms with Crippen LogP contribution < -0.4 is 0 Å². The van der Waals surface area contributed by atoms with Crippen LogP contribution >= 0.6 is 15.9 Å². The van der Waals surface area contributed by atoms with Gasteiger partial charge in [0.05, 0.1) is 12.7 Å². The Bertz CT molecular complexity index is 197. The number of rotatable bonds is 4. The SMILES string of the molecule is CC1CCCCC1OCC(CBr)C(C)(C)C. The van der Waals surface area contributed by atoms with Crippen molar-refractivity contribution in [1.29, 1.82) is 0 Å². The predicted octanol–water partition coefficient (Wildman–Crippen LogP) is 4.64. The Morgan fingerprint density at radius 3 is 2.38 bits per heavy atom. The number of hydrogen-bond donors (Lipinski definition) is 0. The summed E-state index contributed by atoms with van der Waals surface area (Å²) in [4.78, 5) is 0. The van der Waals surface area contributed by atoms with E-state index in [0.717, 1.165) is 17.9 Å². The van der Waals surface area contributed by atoms with Crippen molar-refractivity contribution in [2.24, 2.45) is 17.3 Å². The monoisotopic (exact) mass is 290 g/mol. The topological polar surface area (TPSA) is 9.23 Å². The van der Waals surface area contributed by atoms with Crippen LogP contribution in [0.4, 0.5) is 0 Å². The zero-order valence-corrected chi connectivity index (χ0v) is 12.8. The summed E-state index contributed by atoms with van der Waals surface area (Å²) in [5.41, 5.74) is 0.335. The van der Waals surface area contributed by atoms with Gasteiger partial charge in [-0.1, -0.05) is 56.5 Å². The minimum absolute atomic E-state index is 0.335. The van der Waals surface area contributed by atoms with Gasteiger partial charge >= 0.3 is 0 Å². The van der Waals surface area contributed by atoms with E-state index >= 15 is 0 Å². The molecule has 16 heavy (non-hydrogen) atoms. The van der Waals surface area contributed by atoms with Crippen LogP contribution in [-0.4, -0.2) is 18.0 Å². The Kier molecular flexibility index (Phi) is 5.79. The summed E-state index contributed by atoms with van der Waals surface area (Å²) in [6.07, 6.45) is 5.86. The Morgan fingerprint density at radius 1 is 1.25 bits per heavy atom. The maximum Gasteiger partial charge on any atom is 0.0600 e. The molecule has 96 valence electrons. The summed E-state index contributed by atoms with van der Waals surface area (Å²) in [5, 5.41) is 1.04. The number of hydrogen-bond acceptors (Lipinski definition) is 1. The van der Waals surface area contributed by atoms with Gasteiger partial charge in [-0.25, -0.2) is 0 Å². The van der Waals surface area contributed by atoms with E-state index in [9.17, 15) is 0 Å². The van der Waals surface area contributed by atoms with Gasteiger partial charge in [0.1, 0.15) is 0 Å². The highest BCUT2D eigenvalue weighted by atomic mass is 79.9. The summed E-state index contributed by atoms with van der Waals surface area (Å²) in [7, 11) is 0. The van der Waals surface area contributed by atoms with Gasteiger partial charge in [-0.05, 0) is 30.1 Å². The third kappa shape index (κ3) is 4.37. The molecule has 1 aliphatic rings. The lowest BCUT2D eigenvalue weighted by Gasteiger charge is -2.34. The highest BCUT2D eigenvalue weighted by molar-refractivity contribution is 9.09. The first-order valence-electron chi connectivity index (χ1n) is 6.62. The van der Waals surface area contributed by atoms with Crippen molar-refractivity contribution >= 4 is 15.9 Å². The molecule has 0 spiro atoms. The molecule has 1 fully saturated rings. The van der Waals surface area contributed by atoms with Crippen molar-refractivity contribution in [3.05, 3.63) is 0 Å². The minimum Gasteiger partial charge on any atom is -0.378 e. The van der Waals surface area contributed by atoms with Crippen LogP contribution in [0.1, 0.15) is 53.4 Å². The fourth-order valence-corrected chi connectivity index (χ4v) is 3.45. The second-order valence-corrected chi connectivity index (χ2v) is 7.00. The maximum atomic E-state index is 6.14. The molecule has 0 saturated heterocycles. The molecular formula is C14H27BrO. The first kappa shape index (κ1) is 14.5. The summed E-state index contributed by atoms with van der Waals surface area (Å²) in [5.74, 6) is 1.37.